The molecule has 0 radical (unpaired) electrons. The molecule has 0 aromatic rings. The summed E-state index contributed by atoms with van der Waals surface area (Å²) in [6.07, 6.45) is -0.380. The van der Waals surface area contributed by atoms with Gasteiger partial charge in [-0.3, -0.25) is 0 Å². The van der Waals surface area contributed by atoms with Crippen molar-refractivity contribution in [1.29, 1.82) is 0 Å². The summed E-state index contributed by atoms with van der Waals surface area (Å²) < 4.78 is 15.5. The summed E-state index contributed by atoms with van der Waals surface area (Å²) in [5.41, 5.74) is 0. The number of hydrogen-bond acceptors (Lipinski definition) is 4. The first kappa shape index (κ1) is 7.49. The molecule has 0 aliphatic carbocycles. The van der Waals surface area contributed by atoms with E-state index in [2.05, 4.69) is 0 Å². The second-order valence-electron chi connectivity index (χ2n) is 2.89. The highest BCUT2D eigenvalue weighted by Crippen LogP contribution is 2.30. The lowest BCUT2D eigenvalue weighted by atomic mass is 10.1. The molecule has 4 unspecified atom stereocenters. The van der Waals surface area contributed by atoms with E-state index in [1.807, 2.05) is 0 Å². The molecule has 0 spiro atoms. The molecule has 0 saturated carbocycles. The topological polar surface area (TPSA) is 47.9 Å². The van der Waals surface area contributed by atoms with Gasteiger partial charge >= 0.3 is 0 Å². The van der Waals surface area contributed by atoms with Gasteiger partial charge in [-0.1, -0.05) is 0 Å². The van der Waals surface area contributed by atoms with Crippen LogP contribution in [-0.4, -0.2) is 43.4 Å². The standard InChI is InChI=1S/C7H12O4/c1-9-7-5(8)6-4(11-7)2-3-10-6/h4-8H,2-3H2,1H3. The first-order valence-electron chi connectivity index (χ1n) is 3.81. The van der Waals surface area contributed by atoms with E-state index in [4.69, 9.17) is 14.2 Å². The van der Waals surface area contributed by atoms with Gasteiger partial charge in [0, 0.05) is 13.7 Å². The molecule has 1 N–H and O–H groups in total. The van der Waals surface area contributed by atoms with Gasteiger partial charge in [0.1, 0.15) is 12.2 Å². The Morgan fingerprint density at radius 3 is 3.00 bits per heavy atom. The Kier molecular flexibility index (Phi) is 1.85. The predicted octanol–water partition coefficient (Wildman–Crippen LogP) is -0.492. The van der Waals surface area contributed by atoms with Gasteiger partial charge in [-0.2, -0.15) is 0 Å². The van der Waals surface area contributed by atoms with Crippen LogP contribution in [0, 0.1) is 0 Å². The average Bonchev–Trinajstić information content (AvgIpc) is 2.53. The second kappa shape index (κ2) is 2.71. The summed E-state index contributed by atoms with van der Waals surface area (Å²) in [7, 11) is 1.52. The molecule has 4 nitrogen and oxygen atoms in total. The lowest BCUT2D eigenvalue weighted by Gasteiger charge is -2.14. The van der Waals surface area contributed by atoms with Crippen molar-refractivity contribution in [3.05, 3.63) is 0 Å². The zero-order chi connectivity index (χ0) is 7.84. The van der Waals surface area contributed by atoms with Gasteiger partial charge in [0.15, 0.2) is 6.29 Å². The molecule has 2 fully saturated rings. The van der Waals surface area contributed by atoms with Crippen LogP contribution in [0.5, 0.6) is 0 Å². The van der Waals surface area contributed by atoms with Crippen LogP contribution in [0.4, 0.5) is 0 Å². The number of rotatable bonds is 1. The quantitative estimate of drug-likeness (QED) is 0.562. The van der Waals surface area contributed by atoms with Gasteiger partial charge in [0.05, 0.1) is 6.10 Å². The molecule has 2 rings (SSSR count). The molecule has 2 aliphatic heterocycles. The Labute approximate surface area is 65.1 Å². The third kappa shape index (κ3) is 1.06. The van der Waals surface area contributed by atoms with Crippen LogP contribution in [0.1, 0.15) is 6.42 Å². The molecule has 0 aromatic heterocycles. The van der Waals surface area contributed by atoms with Crippen molar-refractivity contribution in [2.24, 2.45) is 0 Å². The van der Waals surface area contributed by atoms with Crippen molar-refractivity contribution in [3.63, 3.8) is 0 Å². The highest BCUT2D eigenvalue weighted by atomic mass is 16.7. The van der Waals surface area contributed by atoms with Crippen LogP contribution in [0.2, 0.25) is 0 Å². The predicted molar refractivity (Wildman–Crippen MR) is 36.0 cm³/mol. The summed E-state index contributed by atoms with van der Waals surface area (Å²) in [5.74, 6) is 0. The van der Waals surface area contributed by atoms with E-state index in [-0.39, 0.29) is 12.2 Å². The van der Waals surface area contributed by atoms with E-state index < -0.39 is 12.4 Å². The summed E-state index contributed by atoms with van der Waals surface area (Å²) in [5, 5.41) is 9.48. The number of hydrogen-bond donors (Lipinski definition) is 1. The Morgan fingerprint density at radius 2 is 2.36 bits per heavy atom. The van der Waals surface area contributed by atoms with Gasteiger partial charge < -0.3 is 19.3 Å². The zero-order valence-electron chi connectivity index (χ0n) is 6.40. The minimum atomic E-state index is -0.618. The summed E-state index contributed by atoms with van der Waals surface area (Å²) in [4.78, 5) is 0. The van der Waals surface area contributed by atoms with E-state index in [0.717, 1.165) is 6.42 Å². The van der Waals surface area contributed by atoms with Gasteiger partial charge in [0.25, 0.3) is 0 Å². The first-order chi connectivity index (χ1) is 5.33. The smallest absolute Gasteiger partial charge is 0.186 e. The third-order valence-corrected chi connectivity index (χ3v) is 2.24. The molecular formula is C7H12O4. The lowest BCUT2D eigenvalue weighted by molar-refractivity contribution is -0.153. The molecule has 2 heterocycles. The fourth-order valence-electron chi connectivity index (χ4n) is 1.66. The highest BCUT2D eigenvalue weighted by Gasteiger charge is 2.47. The van der Waals surface area contributed by atoms with Crippen LogP contribution >= 0.6 is 0 Å². The normalized spacial score (nSPS) is 49.6. The van der Waals surface area contributed by atoms with Gasteiger partial charge in [-0.25, -0.2) is 0 Å². The number of ether oxygens (including phenoxy) is 3. The molecular weight excluding hydrogens is 148 g/mol. The minimum Gasteiger partial charge on any atom is -0.385 e. The Morgan fingerprint density at radius 1 is 1.55 bits per heavy atom. The van der Waals surface area contributed by atoms with Gasteiger partial charge in [0.2, 0.25) is 0 Å². The largest absolute Gasteiger partial charge is 0.385 e. The average molecular weight is 160 g/mol. The molecule has 2 saturated heterocycles. The molecule has 0 aromatic carbocycles. The third-order valence-electron chi connectivity index (χ3n) is 2.24. The molecule has 2 aliphatic rings. The van der Waals surface area contributed by atoms with Crippen molar-refractivity contribution < 1.29 is 19.3 Å². The Bertz CT molecular complexity index is 149. The second-order valence-corrected chi connectivity index (χ2v) is 2.89. The lowest BCUT2D eigenvalue weighted by Crippen LogP contribution is -2.32. The highest BCUT2D eigenvalue weighted by molar-refractivity contribution is 4.91. The molecule has 4 heteroatoms. The van der Waals surface area contributed by atoms with Crippen LogP contribution in [0.15, 0.2) is 0 Å². The van der Waals surface area contributed by atoms with Crippen molar-refractivity contribution in [2.75, 3.05) is 13.7 Å². The van der Waals surface area contributed by atoms with E-state index in [0.29, 0.717) is 6.61 Å². The first-order valence-corrected chi connectivity index (χ1v) is 3.81. The van der Waals surface area contributed by atoms with Crippen LogP contribution in [0.25, 0.3) is 0 Å². The number of methoxy groups -OCH3 is 1. The summed E-state index contributed by atoms with van der Waals surface area (Å²) >= 11 is 0. The van der Waals surface area contributed by atoms with E-state index in [9.17, 15) is 5.11 Å². The van der Waals surface area contributed by atoms with Crippen LogP contribution < -0.4 is 0 Å². The molecule has 64 valence electrons. The molecule has 4 atom stereocenters. The zero-order valence-corrected chi connectivity index (χ0v) is 6.40. The van der Waals surface area contributed by atoms with E-state index in [1.54, 1.807) is 0 Å². The van der Waals surface area contributed by atoms with E-state index >= 15 is 0 Å². The number of fused-ring (bicyclic) bond motifs is 1. The SMILES string of the molecule is COC1OC2CCOC2C1O. The van der Waals surface area contributed by atoms with Crippen LogP contribution in [-0.2, 0) is 14.2 Å². The van der Waals surface area contributed by atoms with Crippen LogP contribution in [0.3, 0.4) is 0 Å². The van der Waals surface area contributed by atoms with Crippen molar-refractivity contribution >= 4 is 0 Å². The van der Waals surface area contributed by atoms with Crippen molar-refractivity contribution in [1.82, 2.24) is 0 Å². The van der Waals surface area contributed by atoms with E-state index in [1.165, 1.54) is 7.11 Å². The maximum Gasteiger partial charge on any atom is 0.186 e. The number of aliphatic hydroxyl groups excluding tert-OH is 1. The van der Waals surface area contributed by atoms with Gasteiger partial charge in [-0.15, -0.1) is 0 Å². The monoisotopic (exact) mass is 160 g/mol. The maximum absolute atomic E-state index is 9.48. The Hall–Kier alpha value is -0.160. The fourth-order valence-corrected chi connectivity index (χ4v) is 1.66. The van der Waals surface area contributed by atoms with Crippen molar-refractivity contribution in [2.45, 2.75) is 31.0 Å². The summed E-state index contributed by atoms with van der Waals surface area (Å²) in [6, 6.07) is 0. The summed E-state index contributed by atoms with van der Waals surface area (Å²) in [6.45, 7) is 0.683. The fraction of sp³-hybridized carbons (Fsp3) is 1.00. The van der Waals surface area contributed by atoms with Crippen molar-refractivity contribution in [3.8, 4) is 0 Å². The van der Waals surface area contributed by atoms with Gasteiger partial charge in [-0.05, 0) is 6.42 Å². The molecule has 0 amide bonds. The molecule has 11 heavy (non-hydrogen) atoms. The number of aliphatic hydroxyl groups is 1. The maximum atomic E-state index is 9.48. The minimum absolute atomic E-state index is 0.0370. The molecule has 0 bridgehead atoms. The Balaban J connectivity index is 2.04.